The van der Waals surface area contributed by atoms with Gasteiger partial charge in [-0.3, -0.25) is 0 Å². The Hall–Kier alpha value is -0.230. The van der Waals surface area contributed by atoms with Crippen LogP contribution >= 0.6 is 38.6 Å². The van der Waals surface area contributed by atoms with Gasteiger partial charge in [0.1, 0.15) is 0 Å². The number of nitrogens with one attached hydrogen (secondary N) is 1. The lowest BCUT2D eigenvalue weighted by atomic mass is 10.1. The molecule has 5 heteroatoms. The van der Waals surface area contributed by atoms with Crippen molar-refractivity contribution in [1.29, 1.82) is 0 Å². The maximum absolute atomic E-state index is 4.55. The summed E-state index contributed by atoms with van der Waals surface area (Å²) in [5.41, 5.74) is 1.21. The molecule has 98 valence electrons. The number of thiazole rings is 1. The zero-order valence-corrected chi connectivity index (χ0v) is 13.8. The van der Waals surface area contributed by atoms with E-state index < -0.39 is 0 Å². The second-order valence-electron chi connectivity index (χ2n) is 4.23. The minimum absolute atomic E-state index is 0.474. The van der Waals surface area contributed by atoms with Gasteiger partial charge in [0.25, 0.3) is 0 Å². The summed E-state index contributed by atoms with van der Waals surface area (Å²) in [7, 11) is 0. The molecular weight excluding hydrogens is 328 g/mol. The number of rotatable bonds is 6. The Kier molecular flexibility index (Phi) is 5.36. The molecule has 0 saturated carbocycles. The summed E-state index contributed by atoms with van der Waals surface area (Å²) in [6.45, 7) is 5.22. The molecule has 2 heterocycles. The Morgan fingerprint density at radius 3 is 2.78 bits per heavy atom. The van der Waals surface area contributed by atoms with E-state index in [0.717, 1.165) is 24.4 Å². The third-order valence-electron chi connectivity index (χ3n) is 2.69. The van der Waals surface area contributed by atoms with Gasteiger partial charge in [0.2, 0.25) is 0 Å². The topological polar surface area (TPSA) is 24.9 Å². The largest absolute Gasteiger partial charge is 0.314 e. The molecule has 0 aliphatic rings. The number of hydrogen-bond donors (Lipinski definition) is 1. The Bertz CT molecular complexity index is 450. The molecule has 2 rings (SSSR count). The normalized spacial score (nSPS) is 12.8. The van der Waals surface area contributed by atoms with Crippen molar-refractivity contribution in [3.8, 4) is 0 Å². The van der Waals surface area contributed by atoms with Crippen molar-refractivity contribution in [3.63, 3.8) is 0 Å². The van der Waals surface area contributed by atoms with E-state index >= 15 is 0 Å². The summed E-state index contributed by atoms with van der Waals surface area (Å²) < 4.78 is 1.21. The minimum Gasteiger partial charge on any atom is -0.314 e. The first-order chi connectivity index (χ1) is 8.67. The summed E-state index contributed by atoms with van der Waals surface area (Å²) in [6, 6.07) is 4.79. The van der Waals surface area contributed by atoms with Gasteiger partial charge in [-0.15, -0.1) is 22.7 Å². The second kappa shape index (κ2) is 6.80. The minimum atomic E-state index is 0.474. The van der Waals surface area contributed by atoms with Gasteiger partial charge in [-0.05, 0) is 48.0 Å². The maximum Gasteiger partial charge on any atom is 0.0897 e. The van der Waals surface area contributed by atoms with Crippen molar-refractivity contribution in [2.24, 2.45) is 0 Å². The van der Waals surface area contributed by atoms with Gasteiger partial charge in [0.15, 0.2) is 0 Å². The lowest BCUT2D eigenvalue weighted by Crippen LogP contribution is -2.32. The van der Waals surface area contributed by atoms with E-state index in [1.807, 2.05) is 11.3 Å². The fourth-order valence-corrected chi connectivity index (χ4v) is 4.15. The average molecular weight is 345 g/mol. The van der Waals surface area contributed by atoms with Crippen molar-refractivity contribution in [2.45, 2.75) is 32.7 Å². The number of likely N-dealkylation sites (N-methyl/N-ethyl adjacent to an activating group) is 1. The zero-order valence-electron chi connectivity index (χ0n) is 10.6. The molecule has 18 heavy (non-hydrogen) atoms. The number of aryl methyl sites for hydroxylation is 1. The van der Waals surface area contributed by atoms with E-state index in [4.69, 9.17) is 0 Å². The van der Waals surface area contributed by atoms with Gasteiger partial charge < -0.3 is 5.32 Å². The molecule has 1 atom stereocenters. The fourth-order valence-electron chi connectivity index (χ4n) is 1.96. The summed E-state index contributed by atoms with van der Waals surface area (Å²) in [6.07, 6.45) is 2.08. The molecule has 2 aromatic rings. The van der Waals surface area contributed by atoms with Crippen LogP contribution in [-0.2, 0) is 12.8 Å². The van der Waals surface area contributed by atoms with Crippen molar-refractivity contribution >= 4 is 38.6 Å². The highest BCUT2D eigenvalue weighted by molar-refractivity contribution is 9.11. The number of thiophene rings is 1. The van der Waals surface area contributed by atoms with Crippen molar-refractivity contribution in [2.75, 3.05) is 6.54 Å². The van der Waals surface area contributed by atoms with Crippen LogP contribution in [0.3, 0.4) is 0 Å². The van der Waals surface area contributed by atoms with Gasteiger partial charge in [0.05, 0.1) is 14.5 Å². The highest BCUT2D eigenvalue weighted by Crippen LogP contribution is 2.23. The van der Waals surface area contributed by atoms with Crippen LogP contribution < -0.4 is 5.32 Å². The SMILES string of the molecule is CCNC(Cc1csc(C)n1)Cc1ccc(Br)s1. The molecule has 0 fully saturated rings. The van der Waals surface area contributed by atoms with Crippen molar-refractivity contribution in [3.05, 3.63) is 36.9 Å². The Morgan fingerprint density at radius 1 is 1.39 bits per heavy atom. The number of aromatic nitrogens is 1. The van der Waals surface area contributed by atoms with Crippen LogP contribution in [0.25, 0.3) is 0 Å². The Labute approximate surface area is 125 Å². The number of nitrogens with zero attached hydrogens (tertiary/aromatic N) is 1. The highest BCUT2D eigenvalue weighted by atomic mass is 79.9. The van der Waals surface area contributed by atoms with E-state index in [0.29, 0.717) is 6.04 Å². The summed E-state index contributed by atoms with van der Waals surface area (Å²) in [4.78, 5) is 5.97. The lowest BCUT2D eigenvalue weighted by Gasteiger charge is -2.15. The van der Waals surface area contributed by atoms with Crippen LogP contribution in [0.2, 0.25) is 0 Å². The van der Waals surface area contributed by atoms with E-state index in [1.165, 1.54) is 14.4 Å². The molecule has 2 aromatic heterocycles. The van der Waals surface area contributed by atoms with Gasteiger partial charge in [-0.2, -0.15) is 0 Å². The molecule has 0 aliphatic heterocycles. The molecule has 0 radical (unpaired) electrons. The molecule has 0 spiro atoms. The third-order valence-corrected chi connectivity index (χ3v) is 5.16. The summed E-state index contributed by atoms with van der Waals surface area (Å²) >= 11 is 7.07. The van der Waals surface area contributed by atoms with Crippen LogP contribution in [0.15, 0.2) is 21.3 Å². The van der Waals surface area contributed by atoms with E-state index in [9.17, 15) is 0 Å². The van der Waals surface area contributed by atoms with Crippen LogP contribution in [-0.4, -0.2) is 17.6 Å². The van der Waals surface area contributed by atoms with Gasteiger partial charge >= 0.3 is 0 Å². The van der Waals surface area contributed by atoms with Crippen molar-refractivity contribution in [1.82, 2.24) is 10.3 Å². The summed E-state index contributed by atoms with van der Waals surface area (Å²) in [5, 5.41) is 6.88. The molecule has 2 nitrogen and oxygen atoms in total. The first-order valence-corrected chi connectivity index (χ1v) is 8.55. The van der Waals surface area contributed by atoms with Gasteiger partial charge in [-0.25, -0.2) is 4.98 Å². The molecule has 0 bridgehead atoms. The average Bonchev–Trinajstić information content (AvgIpc) is 2.89. The van der Waals surface area contributed by atoms with Crippen LogP contribution in [0.1, 0.15) is 22.5 Å². The quantitative estimate of drug-likeness (QED) is 0.855. The molecule has 0 aliphatic carbocycles. The predicted molar refractivity (Wildman–Crippen MR) is 83.7 cm³/mol. The van der Waals surface area contributed by atoms with Crippen LogP contribution in [0, 0.1) is 6.92 Å². The van der Waals surface area contributed by atoms with Crippen molar-refractivity contribution < 1.29 is 0 Å². The molecular formula is C13H17BrN2S2. The molecule has 0 saturated heterocycles. The molecule has 0 aromatic carbocycles. The second-order valence-corrected chi connectivity index (χ2v) is 7.84. The van der Waals surface area contributed by atoms with E-state index in [2.05, 4.69) is 57.6 Å². The number of hydrogen-bond acceptors (Lipinski definition) is 4. The van der Waals surface area contributed by atoms with Crippen LogP contribution in [0.5, 0.6) is 0 Å². The Balaban J connectivity index is 1.99. The first kappa shape index (κ1) is 14.2. The summed E-state index contributed by atoms with van der Waals surface area (Å²) in [5.74, 6) is 0. The fraction of sp³-hybridized carbons (Fsp3) is 0.462. The number of halogens is 1. The first-order valence-electron chi connectivity index (χ1n) is 6.06. The highest BCUT2D eigenvalue weighted by Gasteiger charge is 2.12. The predicted octanol–water partition coefficient (Wildman–Crippen LogP) is 4.04. The van der Waals surface area contributed by atoms with E-state index in [-0.39, 0.29) is 0 Å². The van der Waals surface area contributed by atoms with Crippen LogP contribution in [0.4, 0.5) is 0 Å². The third kappa shape index (κ3) is 4.16. The smallest absolute Gasteiger partial charge is 0.0897 e. The lowest BCUT2D eigenvalue weighted by molar-refractivity contribution is 0.520. The van der Waals surface area contributed by atoms with Gasteiger partial charge in [-0.1, -0.05) is 6.92 Å². The Morgan fingerprint density at radius 2 is 2.22 bits per heavy atom. The zero-order chi connectivity index (χ0) is 13.0. The monoisotopic (exact) mass is 344 g/mol. The molecule has 1 unspecified atom stereocenters. The standard InChI is InChI=1S/C13H17BrN2S2/c1-3-15-10(6-11-8-17-9(2)16-11)7-12-4-5-13(14)18-12/h4-5,8,10,15H,3,6-7H2,1-2H3. The molecule has 1 N–H and O–H groups in total. The maximum atomic E-state index is 4.55. The molecule has 0 amide bonds. The van der Waals surface area contributed by atoms with Gasteiger partial charge in [0, 0.05) is 22.7 Å². The van der Waals surface area contributed by atoms with E-state index in [1.54, 1.807) is 11.3 Å².